The van der Waals surface area contributed by atoms with E-state index in [0.29, 0.717) is 0 Å². The zero-order chi connectivity index (χ0) is 37.7. The lowest BCUT2D eigenvalue weighted by Gasteiger charge is -2.17. The lowest BCUT2D eigenvalue weighted by molar-refractivity contribution is 1.08. The average molecular weight is 726 g/mol. The Labute approximate surface area is 330 Å². The smallest absolute Gasteiger partial charge is 0.165 e. The predicted octanol–water partition coefficient (Wildman–Crippen LogP) is 14.2. The number of fused-ring (bicyclic) bond motifs is 5. The largest absolute Gasteiger partial charge is 0.292 e. The van der Waals surface area contributed by atoms with Crippen LogP contribution in [0.3, 0.4) is 0 Å². The Balaban J connectivity index is 1.19. The maximum atomic E-state index is 5.63. The van der Waals surface area contributed by atoms with E-state index in [0.717, 1.165) is 61.4 Å². The average Bonchev–Trinajstić information content (AvgIpc) is 3.60. The molecule has 0 amide bonds. The Morgan fingerprint density at radius 3 is 1.37 bits per heavy atom. The van der Waals surface area contributed by atoms with Gasteiger partial charge in [-0.15, -0.1) is 0 Å². The van der Waals surface area contributed by atoms with Gasteiger partial charge in [0.25, 0.3) is 0 Å². The molecular weight excluding hydrogens is 691 g/mol. The molecule has 266 valence electrons. The molecule has 0 fully saturated rings. The van der Waals surface area contributed by atoms with Crippen molar-refractivity contribution in [3.05, 3.63) is 212 Å². The van der Waals surface area contributed by atoms with Crippen LogP contribution >= 0.6 is 0 Å². The molecule has 11 rings (SSSR count). The molecule has 0 unspecified atom stereocenters. The standard InChI is InChI=1S/C54H35N3/c1-5-15-36(16-6-1)38-25-27-40(28-26-38)46-34-49-50(35-45(46)39-19-9-3-10-20-39)56-54(53(55-49)41-21-11-4-12-22-41)57-51-30-29-44(37-17-7-2-8-18-37)32-47(51)48-31-42-23-13-14-24-43(42)33-52(48)57/h1-35H. The Kier molecular flexibility index (Phi) is 7.82. The Morgan fingerprint density at radius 1 is 0.298 bits per heavy atom. The molecule has 0 aliphatic carbocycles. The summed E-state index contributed by atoms with van der Waals surface area (Å²) < 4.78 is 2.33. The van der Waals surface area contributed by atoms with Crippen LogP contribution in [0.1, 0.15) is 0 Å². The maximum Gasteiger partial charge on any atom is 0.165 e. The van der Waals surface area contributed by atoms with Crippen LogP contribution in [0.5, 0.6) is 0 Å². The van der Waals surface area contributed by atoms with Crippen LogP contribution in [0.2, 0.25) is 0 Å². The molecule has 3 heteroatoms. The molecule has 0 radical (unpaired) electrons. The Hall–Kier alpha value is -7.62. The third-order valence-corrected chi connectivity index (χ3v) is 11.2. The zero-order valence-electron chi connectivity index (χ0n) is 31.0. The van der Waals surface area contributed by atoms with Gasteiger partial charge in [-0.05, 0) is 91.7 Å². The first-order valence-electron chi connectivity index (χ1n) is 19.4. The monoisotopic (exact) mass is 725 g/mol. The van der Waals surface area contributed by atoms with Gasteiger partial charge in [-0.1, -0.05) is 176 Å². The van der Waals surface area contributed by atoms with Crippen molar-refractivity contribution in [3.63, 3.8) is 0 Å². The minimum Gasteiger partial charge on any atom is -0.292 e. The Bertz CT molecular complexity index is 3240. The summed E-state index contributed by atoms with van der Waals surface area (Å²) in [5.41, 5.74) is 15.0. The highest BCUT2D eigenvalue weighted by Gasteiger charge is 2.22. The highest BCUT2D eigenvalue weighted by atomic mass is 15.1. The second kappa shape index (κ2) is 13.6. The van der Waals surface area contributed by atoms with Crippen molar-refractivity contribution in [2.24, 2.45) is 0 Å². The van der Waals surface area contributed by atoms with E-state index in [-0.39, 0.29) is 0 Å². The molecule has 0 N–H and O–H groups in total. The summed E-state index contributed by atoms with van der Waals surface area (Å²) in [7, 11) is 0. The van der Waals surface area contributed by atoms with Crippen molar-refractivity contribution in [1.29, 1.82) is 0 Å². The van der Waals surface area contributed by atoms with Gasteiger partial charge in [0.1, 0.15) is 5.69 Å². The van der Waals surface area contributed by atoms with Gasteiger partial charge in [0.15, 0.2) is 5.82 Å². The number of aromatic nitrogens is 3. The second-order valence-electron chi connectivity index (χ2n) is 14.6. The van der Waals surface area contributed by atoms with Crippen LogP contribution < -0.4 is 0 Å². The highest BCUT2D eigenvalue weighted by Crippen LogP contribution is 2.41. The predicted molar refractivity (Wildman–Crippen MR) is 239 cm³/mol. The minimum atomic E-state index is 0.801. The summed E-state index contributed by atoms with van der Waals surface area (Å²) >= 11 is 0. The number of rotatable bonds is 6. The molecular formula is C54H35N3. The lowest BCUT2D eigenvalue weighted by atomic mass is 9.92. The lowest BCUT2D eigenvalue weighted by Crippen LogP contribution is -2.04. The fourth-order valence-corrected chi connectivity index (χ4v) is 8.35. The van der Waals surface area contributed by atoms with E-state index in [4.69, 9.17) is 9.97 Å². The van der Waals surface area contributed by atoms with Gasteiger partial charge in [0.2, 0.25) is 0 Å². The molecule has 2 aromatic heterocycles. The maximum absolute atomic E-state index is 5.63. The molecule has 2 heterocycles. The van der Waals surface area contributed by atoms with E-state index in [9.17, 15) is 0 Å². The number of hydrogen-bond acceptors (Lipinski definition) is 2. The fraction of sp³-hybridized carbons (Fsp3) is 0. The van der Waals surface area contributed by atoms with Crippen LogP contribution in [0, 0.1) is 0 Å². The number of nitrogens with zero attached hydrogens (tertiary/aromatic N) is 3. The fourth-order valence-electron chi connectivity index (χ4n) is 8.35. The van der Waals surface area contributed by atoms with E-state index in [2.05, 4.69) is 217 Å². The van der Waals surface area contributed by atoms with Crippen LogP contribution in [-0.4, -0.2) is 14.5 Å². The van der Waals surface area contributed by atoms with E-state index in [1.807, 2.05) is 0 Å². The molecule has 9 aromatic carbocycles. The molecule has 57 heavy (non-hydrogen) atoms. The van der Waals surface area contributed by atoms with E-state index in [1.165, 1.54) is 43.8 Å². The SMILES string of the molecule is c1ccc(-c2ccc(-c3cc4nc(-c5ccccc5)c(-n5c6ccc(-c7ccccc7)cc6c6cc7ccccc7cc65)nc4cc3-c3ccccc3)cc2)cc1. The van der Waals surface area contributed by atoms with Crippen molar-refractivity contribution >= 4 is 43.6 Å². The first-order chi connectivity index (χ1) is 28.2. The van der Waals surface area contributed by atoms with Crippen molar-refractivity contribution < 1.29 is 0 Å². The van der Waals surface area contributed by atoms with E-state index >= 15 is 0 Å². The number of hydrogen-bond donors (Lipinski definition) is 0. The van der Waals surface area contributed by atoms with Crippen LogP contribution in [0.4, 0.5) is 0 Å². The van der Waals surface area contributed by atoms with Gasteiger partial charge in [0, 0.05) is 16.3 Å². The molecule has 0 atom stereocenters. The zero-order valence-corrected chi connectivity index (χ0v) is 31.0. The van der Waals surface area contributed by atoms with Gasteiger partial charge in [-0.3, -0.25) is 4.57 Å². The van der Waals surface area contributed by atoms with Crippen molar-refractivity contribution in [2.75, 3.05) is 0 Å². The van der Waals surface area contributed by atoms with Crippen LogP contribution in [0.15, 0.2) is 212 Å². The van der Waals surface area contributed by atoms with E-state index in [1.54, 1.807) is 0 Å². The van der Waals surface area contributed by atoms with Gasteiger partial charge in [-0.2, -0.15) is 0 Å². The minimum absolute atomic E-state index is 0.801. The van der Waals surface area contributed by atoms with Crippen LogP contribution in [0.25, 0.3) is 105 Å². The summed E-state index contributed by atoms with van der Waals surface area (Å²) in [4.78, 5) is 11.2. The van der Waals surface area contributed by atoms with Crippen molar-refractivity contribution in [3.8, 4) is 61.6 Å². The van der Waals surface area contributed by atoms with Crippen molar-refractivity contribution in [1.82, 2.24) is 14.5 Å². The molecule has 0 bridgehead atoms. The molecule has 3 nitrogen and oxygen atoms in total. The molecule has 0 aliphatic heterocycles. The Morgan fingerprint density at radius 2 is 0.737 bits per heavy atom. The summed E-state index contributed by atoms with van der Waals surface area (Å²) in [6, 6.07) is 75.6. The molecule has 11 aromatic rings. The van der Waals surface area contributed by atoms with Crippen molar-refractivity contribution in [2.45, 2.75) is 0 Å². The first-order valence-corrected chi connectivity index (χ1v) is 19.4. The first kappa shape index (κ1) is 32.8. The second-order valence-corrected chi connectivity index (χ2v) is 14.6. The van der Waals surface area contributed by atoms with Gasteiger partial charge in [0.05, 0.1) is 22.1 Å². The van der Waals surface area contributed by atoms with E-state index < -0.39 is 0 Å². The number of benzene rings is 9. The normalized spacial score (nSPS) is 11.5. The summed E-state index contributed by atoms with van der Waals surface area (Å²) in [5.74, 6) is 0.801. The summed E-state index contributed by atoms with van der Waals surface area (Å²) in [6.07, 6.45) is 0. The molecule has 0 saturated heterocycles. The quantitative estimate of drug-likeness (QED) is 0.171. The van der Waals surface area contributed by atoms with Gasteiger partial charge < -0.3 is 0 Å². The highest BCUT2D eigenvalue weighted by molar-refractivity contribution is 6.15. The summed E-state index contributed by atoms with van der Waals surface area (Å²) in [5, 5.41) is 4.75. The van der Waals surface area contributed by atoms with Crippen LogP contribution in [-0.2, 0) is 0 Å². The van der Waals surface area contributed by atoms with Gasteiger partial charge >= 0.3 is 0 Å². The third kappa shape index (κ3) is 5.76. The topological polar surface area (TPSA) is 30.7 Å². The summed E-state index contributed by atoms with van der Waals surface area (Å²) in [6.45, 7) is 0. The van der Waals surface area contributed by atoms with Gasteiger partial charge in [-0.25, -0.2) is 9.97 Å². The third-order valence-electron chi connectivity index (χ3n) is 11.2. The molecule has 0 aliphatic rings. The molecule has 0 spiro atoms. The molecule has 0 saturated carbocycles.